The molecule has 1 rings (SSSR count). The molecule has 1 N–H and O–H groups in total. The van der Waals surface area contributed by atoms with Gasteiger partial charge < -0.3 is 4.55 Å². The molecule has 1 heterocycles. The van der Waals surface area contributed by atoms with Crippen molar-refractivity contribution in [2.45, 2.75) is 27.8 Å². The lowest BCUT2D eigenvalue weighted by Crippen LogP contribution is -2.29. The van der Waals surface area contributed by atoms with Gasteiger partial charge >= 0.3 is 0 Å². The van der Waals surface area contributed by atoms with Gasteiger partial charge in [-0.1, -0.05) is 7.43 Å². The SMILES string of the molecule is C.CCn1cc[n+](C)c1C.O=S(=O)([O-])O. The molecule has 0 spiro atoms. The third-order valence-corrected chi connectivity index (χ3v) is 1.74. The maximum absolute atomic E-state index is 8.63. The van der Waals surface area contributed by atoms with E-state index in [-0.39, 0.29) is 7.43 Å². The van der Waals surface area contributed by atoms with Gasteiger partial charge in [-0.25, -0.2) is 17.6 Å². The number of imidazole rings is 1. The predicted molar refractivity (Wildman–Crippen MR) is 55.1 cm³/mol. The molecule has 90 valence electrons. The van der Waals surface area contributed by atoms with Crippen LogP contribution in [0, 0.1) is 6.92 Å². The Labute approximate surface area is 90.7 Å². The van der Waals surface area contributed by atoms with Crippen LogP contribution in [0.5, 0.6) is 0 Å². The molecule has 0 unspecified atom stereocenters. The Hall–Kier alpha value is -0.920. The number of aryl methyl sites for hydroxylation is 2. The molecule has 7 heteroatoms. The number of rotatable bonds is 1. The summed E-state index contributed by atoms with van der Waals surface area (Å²) in [6.07, 6.45) is 4.16. The van der Waals surface area contributed by atoms with E-state index >= 15 is 0 Å². The molecule has 0 aliphatic rings. The van der Waals surface area contributed by atoms with E-state index < -0.39 is 10.4 Å². The van der Waals surface area contributed by atoms with Crippen LogP contribution in [0.3, 0.4) is 0 Å². The average molecular weight is 238 g/mol. The summed E-state index contributed by atoms with van der Waals surface area (Å²) in [6, 6.07) is 0. The average Bonchev–Trinajstić information content (AvgIpc) is 2.30. The van der Waals surface area contributed by atoms with Crippen molar-refractivity contribution in [2.24, 2.45) is 7.05 Å². The topological polar surface area (TPSA) is 86.2 Å². The lowest BCUT2D eigenvalue weighted by molar-refractivity contribution is -0.677. The zero-order valence-corrected chi connectivity index (χ0v) is 9.15. The van der Waals surface area contributed by atoms with Crippen LogP contribution in [0.2, 0.25) is 0 Å². The molecule has 0 saturated carbocycles. The molecule has 0 aliphatic heterocycles. The first-order valence-electron chi connectivity index (χ1n) is 3.95. The normalized spacial score (nSPS) is 9.93. The maximum atomic E-state index is 8.63. The Morgan fingerprint density at radius 1 is 1.60 bits per heavy atom. The first kappa shape index (κ1) is 16.5. The fourth-order valence-corrected chi connectivity index (χ4v) is 0.933. The summed E-state index contributed by atoms with van der Waals surface area (Å²) in [6.45, 7) is 5.32. The van der Waals surface area contributed by atoms with Crippen molar-refractivity contribution in [1.82, 2.24) is 4.57 Å². The van der Waals surface area contributed by atoms with Crippen molar-refractivity contribution in [3.8, 4) is 0 Å². The van der Waals surface area contributed by atoms with E-state index in [4.69, 9.17) is 17.5 Å². The Balaban J connectivity index is 0. The molecule has 0 atom stereocenters. The molecule has 0 aromatic carbocycles. The predicted octanol–water partition coefficient (Wildman–Crippen LogP) is 0.282. The summed E-state index contributed by atoms with van der Waals surface area (Å²) in [4.78, 5) is 0. The van der Waals surface area contributed by atoms with Gasteiger partial charge in [0.2, 0.25) is 10.4 Å². The Bertz CT molecular complexity index is 375. The van der Waals surface area contributed by atoms with E-state index in [1.54, 1.807) is 0 Å². The van der Waals surface area contributed by atoms with Crippen LogP contribution in [0.1, 0.15) is 20.2 Å². The number of hydrogen-bond donors (Lipinski definition) is 1. The van der Waals surface area contributed by atoms with Crippen molar-refractivity contribution in [2.75, 3.05) is 0 Å². The van der Waals surface area contributed by atoms with Crippen molar-refractivity contribution >= 4 is 10.4 Å². The standard InChI is InChI=1S/C7H13N2.CH4.H2O4S/c1-4-9-6-5-8(3)7(9)2;;1-5(2,3)4/h5-6H,4H2,1-3H3;1H4;(H2,1,2,3,4)/q+1;;/p-1. The quantitative estimate of drug-likeness (QED) is 0.432. The van der Waals surface area contributed by atoms with Gasteiger partial charge in [0, 0.05) is 6.92 Å². The second kappa shape index (κ2) is 6.54. The van der Waals surface area contributed by atoms with E-state index in [1.165, 1.54) is 5.82 Å². The van der Waals surface area contributed by atoms with E-state index in [9.17, 15) is 0 Å². The van der Waals surface area contributed by atoms with Gasteiger partial charge in [-0.05, 0) is 6.92 Å². The summed E-state index contributed by atoms with van der Waals surface area (Å²) in [5.74, 6) is 1.30. The third kappa shape index (κ3) is 8.10. The van der Waals surface area contributed by atoms with Gasteiger partial charge in [-0.2, -0.15) is 0 Å². The van der Waals surface area contributed by atoms with E-state index in [0.29, 0.717) is 0 Å². The highest BCUT2D eigenvalue weighted by atomic mass is 32.3. The number of aromatic nitrogens is 2. The Morgan fingerprint density at radius 3 is 2.13 bits per heavy atom. The van der Waals surface area contributed by atoms with Crippen LogP contribution in [0.25, 0.3) is 0 Å². The van der Waals surface area contributed by atoms with E-state index in [1.807, 2.05) is 0 Å². The Kier molecular flexibility index (Phi) is 7.20. The largest absolute Gasteiger partial charge is 0.726 e. The molecule has 0 amide bonds. The van der Waals surface area contributed by atoms with Crippen LogP contribution in [0.15, 0.2) is 12.4 Å². The van der Waals surface area contributed by atoms with Gasteiger partial charge in [0.25, 0.3) is 5.82 Å². The lowest BCUT2D eigenvalue weighted by atomic mass is 10.6. The smallest absolute Gasteiger partial charge is 0.252 e. The molecular weight excluding hydrogens is 220 g/mol. The molecule has 0 fully saturated rings. The molecule has 0 saturated heterocycles. The van der Waals surface area contributed by atoms with Crippen molar-refractivity contribution in [1.29, 1.82) is 0 Å². The summed E-state index contributed by atoms with van der Waals surface area (Å²) in [5.41, 5.74) is 0. The molecule has 15 heavy (non-hydrogen) atoms. The number of nitrogens with zero attached hydrogens (tertiary/aromatic N) is 2. The highest BCUT2D eigenvalue weighted by Crippen LogP contribution is 1.89. The minimum atomic E-state index is -4.92. The van der Waals surface area contributed by atoms with Crippen molar-refractivity contribution in [3.05, 3.63) is 18.2 Å². The second-order valence-corrected chi connectivity index (χ2v) is 3.53. The lowest BCUT2D eigenvalue weighted by Gasteiger charge is -1.90. The fourth-order valence-electron chi connectivity index (χ4n) is 0.933. The van der Waals surface area contributed by atoms with Gasteiger partial charge in [0.1, 0.15) is 12.4 Å². The van der Waals surface area contributed by atoms with E-state index in [0.717, 1.165) is 6.54 Å². The van der Waals surface area contributed by atoms with Crippen LogP contribution < -0.4 is 4.57 Å². The highest BCUT2D eigenvalue weighted by molar-refractivity contribution is 7.79. The molecule has 0 aliphatic carbocycles. The molecular formula is C8H18N2O4S. The minimum absolute atomic E-state index is 0. The van der Waals surface area contributed by atoms with Crippen LogP contribution >= 0.6 is 0 Å². The molecule has 0 bridgehead atoms. The van der Waals surface area contributed by atoms with Crippen LogP contribution in [-0.2, 0) is 24.0 Å². The molecule has 1 aromatic heterocycles. The molecule has 6 nitrogen and oxygen atoms in total. The van der Waals surface area contributed by atoms with Crippen molar-refractivity contribution in [3.63, 3.8) is 0 Å². The third-order valence-electron chi connectivity index (χ3n) is 1.74. The minimum Gasteiger partial charge on any atom is -0.726 e. The zero-order chi connectivity index (χ0) is 11.4. The summed E-state index contributed by atoms with van der Waals surface area (Å²) in [7, 11) is -2.86. The van der Waals surface area contributed by atoms with E-state index in [2.05, 4.69) is 42.4 Å². The summed E-state index contributed by atoms with van der Waals surface area (Å²) >= 11 is 0. The van der Waals surface area contributed by atoms with Gasteiger partial charge in [0.15, 0.2) is 0 Å². The first-order valence-corrected chi connectivity index (χ1v) is 5.32. The monoisotopic (exact) mass is 238 g/mol. The van der Waals surface area contributed by atoms with Gasteiger partial charge in [-0.15, -0.1) is 0 Å². The molecule has 1 aromatic rings. The van der Waals surface area contributed by atoms with Gasteiger partial charge in [-0.3, -0.25) is 4.55 Å². The van der Waals surface area contributed by atoms with Crippen LogP contribution in [-0.4, -0.2) is 22.1 Å². The zero-order valence-electron chi connectivity index (χ0n) is 8.34. The fraction of sp³-hybridized carbons (Fsp3) is 0.625. The maximum Gasteiger partial charge on any atom is 0.252 e. The molecule has 0 radical (unpaired) electrons. The summed E-state index contributed by atoms with van der Waals surface area (Å²) < 4.78 is 37.2. The Morgan fingerprint density at radius 2 is 2.00 bits per heavy atom. The first-order chi connectivity index (χ1) is 6.25. The van der Waals surface area contributed by atoms with Crippen molar-refractivity contribution < 1.29 is 22.1 Å². The van der Waals surface area contributed by atoms with Crippen LogP contribution in [0.4, 0.5) is 0 Å². The second-order valence-electron chi connectivity index (χ2n) is 2.67. The van der Waals surface area contributed by atoms with Gasteiger partial charge in [0.05, 0.1) is 13.6 Å². The highest BCUT2D eigenvalue weighted by Gasteiger charge is 2.03. The number of hydrogen-bond acceptors (Lipinski definition) is 3. The summed E-state index contributed by atoms with van der Waals surface area (Å²) in [5, 5.41) is 0.